The molecular weight excluding hydrogens is 224 g/mol. The van der Waals surface area contributed by atoms with Crippen molar-refractivity contribution in [1.82, 2.24) is 0 Å². The Morgan fingerprint density at radius 2 is 1.82 bits per heavy atom. The molecule has 17 heavy (non-hydrogen) atoms. The van der Waals surface area contributed by atoms with Gasteiger partial charge in [-0.25, -0.2) is 0 Å². The summed E-state index contributed by atoms with van der Waals surface area (Å²) in [5.41, 5.74) is 0.949. The Morgan fingerprint density at radius 1 is 1.12 bits per heavy atom. The molecule has 94 valence electrons. The van der Waals surface area contributed by atoms with Gasteiger partial charge < -0.3 is 24.8 Å². The zero-order valence-corrected chi connectivity index (χ0v) is 9.27. The van der Waals surface area contributed by atoms with Crippen LogP contribution in [0.3, 0.4) is 0 Å². The molecule has 0 bridgehead atoms. The molecule has 0 spiro atoms. The van der Waals surface area contributed by atoms with Crippen LogP contribution in [0.4, 0.5) is 0 Å². The van der Waals surface area contributed by atoms with Crippen LogP contribution in [0.25, 0.3) is 0 Å². The van der Waals surface area contributed by atoms with Crippen LogP contribution in [-0.2, 0) is 16.1 Å². The lowest BCUT2D eigenvalue weighted by Gasteiger charge is -2.15. The lowest BCUT2D eigenvalue weighted by atomic mass is 10.1. The smallest absolute Gasteiger partial charge is 0.187 e. The van der Waals surface area contributed by atoms with E-state index in [9.17, 15) is 10.2 Å². The Hall–Kier alpha value is -0.980. The average molecular weight is 240 g/mol. The van der Waals surface area contributed by atoms with Gasteiger partial charge in [0.2, 0.25) is 0 Å². The van der Waals surface area contributed by atoms with Crippen molar-refractivity contribution in [2.24, 2.45) is 0 Å². The number of benzene rings is 1. The molecule has 0 aliphatic carbocycles. The van der Waals surface area contributed by atoms with E-state index in [0.717, 1.165) is 5.56 Å². The van der Waals surface area contributed by atoms with Crippen LogP contribution in [0.2, 0.25) is 0 Å². The normalized spacial score (nSPS) is 32.9. The second-order valence-corrected chi connectivity index (χ2v) is 4.00. The molecular formula is C12H16O5. The maximum absolute atomic E-state index is 9.63. The van der Waals surface area contributed by atoms with Gasteiger partial charge in [-0.2, -0.15) is 0 Å². The first kappa shape index (κ1) is 12.5. The molecule has 2 rings (SSSR count). The molecule has 0 radical (unpaired) electrons. The molecule has 1 aromatic rings. The minimum Gasteiger partial charge on any atom is -0.394 e. The van der Waals surface area contributed by atoms with Crippen molar-refractivity contribution in [3.8, 4) is 0 Å². The fraction of sp³-hybridized carbons (Fsp3) is 0.500. The van der Waals surface area contributed by atoms with Crippen LogP contribution in [-0.4, -0.2) is 46.5 Å². The van der Waals surface area contributed by atoms with Crippen LogP contribution in [0.1, 0.15) is 5.56 Å². The standard InChI is InChI=1S/C12H16O5/c13-6-9-10(14)11(15)12(17-9)16-7-8-4-2-1-3-5-8/h1-5,9-15H,6-7H2/t9-,10-,11-,12+/m1/s1. The van der Waals surface area contributed by atoms with Gasteiger partial charge >= 0.3 is 0 Å². The molecule has 0 unspecified atom stereocenters. The molecule has 1 saturated heterocycles. The van der Waals surface area contributed by atoms with E-state index in [4.69, 9.17) is 14.6 Å². The van der Waals surface area contributed by atoms with E-state index in [1.54, 1.807) is 0 Å². The van der Waals surface area contributed by atoms with E-state index in [0.29, 0.717) is 0 Å². The number of hydrogen-bond donors (Lipinski definition) is 3. The highest BCUT2D eigenvalue weighted by Gasteiger charge is 2.42. The SMILES string of the molecule is OC[C@H]1O[C@H](OCc2ccccc2)[C@H](O)[C@@H]1O. The van der Waals surface area contributed by atoms with Crippen molar-refractivity contribution < 1.29 is 24.8 Å². The first-order valence-electron chi connectivity index (χ1n) is 5.50. The zero-order chi connectivity index (χ0) is 12.3. The molecule has 1 aromatic carbocycles. The van der Waals surface area contributed by atoms with Crippen molar-refractivity contribution in [1.29, 1.82) is 0 Å². The number of ether oxygens (including phenoxy) is 2. The third kappa shape index (κ3) is 2.83. The molecule has 1 aliphatic rings. The van der Waals surface area contributed by atoms with Gasteiger partial charge in [0.15, 0.2) is 6.29 Å². The lowest BCUT2D eigenvalue weighted by Crippen LogP contribution is -2.34. The predicted octanol–water partition coefficient (Wildman–Crippen LogP) is -0.358. The summed E-state index contributed by atoms with van der Waals surface area (Å²) >= 11 is 0. The van der Waals surface area contributed by atoms with E-state index >= 15 is 0 Å². The molecule has 5 heteroatoms. The van der Waals surface area contributed by atoms with Gasteiger partial charge in [-0.05, 0) is 5.56 Å². The van der Waals surface area contributed by atoms with Gasteiger partial charge in [-0.3, -0.25) is 0 Å². The summed E-state index contributed by atoms with van der Waals surface area (Å²) in [6, 6.07) is 9.45. The summed E-state index contributed by atoms with van der Waals surface area (Å²) in [6.07, 6.45) is -3.93. The first-order chi connectivity index (χ1) is 8.22. The van der Waals surface area contributed by atoms with Gasteiger partial charge in [0.25, 0.3) is 0 Å². The summed E-state index contributed by atoms with van der Waals surface area (Å²) in [4.78, 5) is 0. The van der Waals surface area contributed by atoms with Crippen LogP contribution in [0, 0.1) is 0 Å². The highest BCUT2D eigenvalue weighted by Crippen LogP contribution is 2.22. The Balaban J connectivity index is 1.88. The van der Waals surface area contributed by atoms with Gasteiger partial charge in [0.1, 0.15) is 18.3 Å². The summed E-state index contributed by atoms with van der Waals surface area (Å²) in [5.74, 6) is 0. The minimum absolute atomic E-state index is 0.285. The molecule has 1 heterocycles. The lowest BCUT2D eigenvalue weighted by molar-refractivity contribution is -0.175. The number of rotatable bonds is 4. The number of aliphatic hydroxyl groups excluding tert-OH is 3. The van der Waals surface area contributed by atoms with E-state index in [-0.39, 0.29) is 13.2 Å². The molecule has 0 saturated carbocycles. The second kappa shape index (κ2) is 5.57. The number of aliphatic hydroxyl groups is 3. The van der Waals surface area contributed by atoms with Gasteiger partial charge in [-0.1, -0.05) is 30.3 Å². The Labute approximate surface area is 99.2 Å². The van der Waals surface area contributed by atoms with Gasteiger partial charge in [0.05, 0.1) is 13.2 Å². The third-order valence-electron chi connectivity index (χ3n) is 2.76. The Kier molecular flexibility index (Phi) is 4.09. The molecule has 0 amide bonds. The zero-order valence-electron chi connectivity index (χ0n) is 9.27. The van der Waals surface area contributed by atoms with Crippen LogP contribution in [0.15, 0.2) is 30.3 Å². The van der Waals surface area contributed by atoms with E-state index in [1.165, 1.54) is 0 Å². The molecule has 5 nitrogen and oxygen atoms in total. The summed E-state index contributed by atoms with van der Waals surface area (Å²) in [7, 11) is 0. The Morgan fingerprint density at radius 3 is 2.41 bits per heavy atom. The summed E-state index contributed by atoms with van der Waals surface area (Å²) in [5, 5.41) is 28.0. The summed E-state index contributed by atoms with van der Waals surface area (Å²) < 4.78 is 10.5. The molecule has 4 atom stereocenters. The maximum atomic E-state index is 9.63. The van der Waals surface area contributed by atoms with Crippen molar-refractivity contribution in [3.05, 3.63) is 35.9 Å². The topological polar surface area (TPSA) is 79.2 Å². The monoisotopic (exact) mass is 240 g/mol. The van der Waals surface area contributed by atoms with Crippen molar-refractivity contribution >= 4 is 0 Å². The van der Waals surface area contributed by atoms with Crippen molar-refractivity contribution in [3.63, 3.8) is 0 Å². The van der Waals surface area contributed by atoms with Gasteiger partial charge in [-0.15, -0.1) is 0 Å². The molecule has 1 fully saturated rings. The predicted molar refractivity (Wildman–Crippen MR) is 59.0 cm³/mol. The first-order valence-corrected chi connectivity index (χ1v) is 5.50. The highest BCUT2D eigenvalue weighted by molar-refractivity contribution is 5.13. The van der Waals surface area contributed by atoms with E-state index in [1.807, 2.05) is 30.3 Å². The maximum Gasteiger partial charge on any atom is 0.187 e. The molecule has 3 N–H and O–H groups in total. The van der Waals surface area contributed by atoms with E-state index in [2.05, 4.69) is 0 Å². The van der Waals surface area contributed by atoms with Crippen molar-refractivity contribution in [2.45, 2.75) is 31.2 Å². The van der Waals surface area contributed by atoms with Crippen LogP contribution >= 0.6 is 0 Å². The van der Waals surface area contributed by atoms with E-state index < -0.39 is 24.6 Å². The number of hydrogen-bond acceptors (Lipinski definition) is 5. The quantitative estimate of drug-likeness (QED) is 0.670. The van der Waals surface area contributed by atoms with Crippen LogP contribution in [0.5, 0.6) is 0 Å². The average Bonchev–Trinajstić information content (AvgIpc) is 2.65. The van der Waals surface area contributed by atoms with Crippen LogP contribution < -0.4 is 0 Å². The highest BCUT2D eigenvalue weighted by atomic mass is 16.7. The third-order valence-corrected chi connectivity index (χ3v) is 2.76. The second-order valence-electron chi connectivity index (χ2n) is 4.00. The Bertz CT molecular complexity index is 342. The minimum atomic E-state index is -1.13. The van der Waals surface area contributed by atoms with Crippen molar-refractivity contribution in [2.75, 3.05) is 6.61 Å². The molecule has 0 aromatic heterocycles. The fourth-order valence-electron chi connectivity index (χ4n) is 1.76. The molecule has 1 aliphatic heterocycles. The van der Waals surface area contributed by atoms with Gasteiger partial charge in [0, 0.05) is 0 Å². The largest absolute Gasteiger partial charge is 0.394 e. The fourth-order valence-corrected chi connectivity index (χ4v) is 1.76. The summed E-state index contributed by atoms with van der Waals surface area (Å²) in [6.45, 7) is -0.0587.